The minimum absolute atomic E-state index is 0.855. The number of aryl methyl sites for hydroxylation is 2. The van der Waals surface area contributed by atoms with E-state index in [4.69, 9.17) is 9.72 Å². The van der Waals surface area contributed by atoms with Crippen LogP contribution in [0.4, 0.5) is 5.82 Å². The van der Waals surface area contributed by atoms with Crippen LogP contribution in [0.3, 0.4) is 0 Å². The van der Waals surface area contributed by atoms with Crippen molar-refractivity contribution in [3.63, 3.8) is 0 Å². The first-order chi connectivity index (χ1) is 12.2. The molecule has 3 aromatic rings. The minimum Gasteiger partial charge on any atom is -0.379 e. The molecule has 7 heteroatoms. The Balaban J connectivity index is 1.49. The predicted molar refractivity (Wildman–Crippen MR) is 103 cm³/mol. The third-order valence-corrected chi connectivity index (χ3v) is 5.83. The fraction of sp³-hybridized carbons (Fsp3) is 0.500. The molecule has 0 unspecified atom stereocenters. The zero-order valence-electron chi connectivity index (χ0n) is 14.7. The first kappa shape index (κ1) is 16.6. The van der Waals surface area contributed by atoms with E-state index in [1.165, 1.54) is 5.56 Å². The summed E-state index contributed by atoms with van der Waals surface area (Å²) in [5.41, 5.74) is 3.28. The molecule has 0 atom stereocenters. The van der Waals surface area contributed by atoms with Crippen LogP contribution < -0.4 is 5.32 Å². The number of nitrogens with one attached hydrogen (secondary N) is 1. The lowest BCUT2D eigenvalue weighted by Crippen LogP contribution is -2.37. The van der Waals surface area contributed by atoms with Crippen molar-refractivity contribution in [3.8, 4) is 0 Å². The van der Waals surface area contributed by atoms with E-state index in [0.29, 0.717) is 0 Å². The monoisotopic (exact) mass is 357 g/mol. The van der Waals surface area contributed by atoms with Gasteiger partial charge in [-0.3, -0.25) is 4.90 Å². The van der Waals surface area contributed by atoms with Gasteiger partial charge < -0.3 is 10.1 Å². The lowest BCUT2D eigenvalue weighted by Gasteiger charge is -2.26. The van der Waals surface area contributed by atoms with Crippen LogP contribution >= 0.6 is 11.3 Å². The zero-order chi connectivity index (χ0) is 17.2. The number of hydrogen-bond acceptors (Lipinski definition) is 7. The van der Waals surface area contributed by atoms with Crippen molar-refractivity contribution in [2.45, 2.75) is 20.3 Å². The molecule has 6 nitrogen and oxygen atoms in total. The van der Waals surface area contributed by atoms with Crippen LogP contribution in [-0.2, 0) is 4.74 Å². The van der Waals surface area contributed by atoms with Gasteiger partial charge in [0.2, 0.25) is 0 Å². The van der Waals surface area contributed by atoms with Gasteiger partial charge in [-0.15, -0.1) is 11.3 Å². The summed E-state index contributed by atoms with van der Waals surface area (Å²) >= 11 is 1.67. The number of morpholine rings is 1. The molecular formula is C18H23N5OS. The quantitative estimate of drug-likeness (QED) is 0.708. The summed E-state index contributed by atoms with van der Waals surface area (Å²) in [4.78, 5) is 17.2. The number of rotatable bonds is 5. The largest absolute Gasteiger partial charge is 0.379 e. The second kappa shape index (κ2) is 7.19. The van der Waals surface area contributed by atoms with Crippen LogP contribution in [0.25, 0.3) is 20.4 Å². The van der Waals surface area contributed by atoms with E-state index in [1.54, 1.807) is 17.7 Å². The van der Waals surface area contributed by atoms with E-state index < -0.39 is 0 Å². The lowest BCUT2D eigenvalue weighted by atomic mass is 10.2. The molecule has 0 spiro atoms. The van der Waals surface area contributed by atoms with E-state index in [9.17, 15) is 0 Å². The van der Waals surface area contributed by atoms with Crippen molar-refractivity contribution in [2.24, 2.45) is 0 Å². The summed E-state index contributed by atoms with van der Waals surface area (Å²) in [7, 11) is 0. The molecule has 132 valence electrons. The standard InChI is InChI=1S/C18H23N5OS/c1-12-10-14-15-16(25-18(14)22-13(12)2)17(21-11-20-15)19-4-3-5-23-6-8-24-9-7-23/h10-11H,3-9H2,1-2H3,(H,19,20,21). The van der Waals surface area contributed by atoms with E-state index in [0.717, 1.165) is 77.8 Å². The van der Waals surface area contributed by atoms with Crippen molar-refractivity contribution in [3.05, 3.63) is 23.7 Å². The number of aromatic nitrogens is 3. The molecule has 0 radical (unpaired) electrons. The second-order valence-corrected chi connectivity index (χ2v) is 7.48. The van der Waals surface area contributed by atoms with Gasteiger partial charge >= 0.3 is 0 Å². The summed E-state index contributed by atoms with van der Waals surface area (Å²) in [6.45, 7) is 9.94. The molecule has 1 fully saturated rings. The van der Waals surface area contributed by atoms with Gasteiger partial charge in [0.1, 0.15) is 17.0 Å². The van der Waals surface area contributed by atoms with Gasteiger partial charge in [0.05, 0.1) is 23.4 Å². The molecule has 1 aliphatic heterocycles. The number of anilines is 1. The first-order valence-corrected chi connectivity index (χ1v) is 9.59. The lowest BCUT2D eigenvalue weighted by molar-refractivity contribution is 0.0378. The van der Waals surface area contributed by atoms with Gasteiger partial charge in [0, 0.05) is 30.7 Å². The summed E-state index contributed by atoms with van der Waals surface area (Å²) in [5.74, 6) is 0.922. The highest BCUT2D eigenvalue weighted by atomic mass is 32.1. The van der Waals surface area contributed by atoms with Crippen LogP contribution in [0.15, 0.2) is 12.4 Å². The van der Waals surface area contributed by atoms with Gasteiger partial charge in [0.25, 0.3) is 0 Å². The Labute approximate surface area is 151 Å². The van der Waals surface area contributed by atoms with Crippen molar-refractivity contribution in [1.82, 2.24) is 19.9 Å². The van der Waals surface area contributed by atoms with Gasteiger partial charge in [-0.2, -0.15) is 0 Å². The number of ether oxygens (including phenoxy) is 1. The van der Waals surface area contributed by atoms with E-state index in [1.807, 2.05) is 0 Å². The maximum atomic E-state index is 5.39. The van der Waals surface area contributed by atoms with Gasteiger partial charge in [-0.25, -0.2) is 15.0 Å². The Hall–Kier alpha value is -1.83. The topological polar surface area (TPSA) is 63.2 Å². The molecule has 4 heterocycles. The number of fused-ring (bicyclic) bond motifs is 3. The molecule has 0 bridgehead atoms. The Morgan fingerprint density at radius 2 is 2.08 bits per heavy atom. The molecule has 0 aliphatic carbocycles. The molecule has 1 N–H and O–H groups in total. The van der Waals surface area contributed by atoms with Crippen molar-refractivity contribution < 1.29 is 4.74 Å². The van der Waals surface area contributed by atoms with Crippen LogP contribution in [0.2, 0.25) is 0 Å². The van der Waals surface area contributed by atoms with Crippen LogP contribution in [-0.4, -0.2) is 59.2 Å². The highest BCUT2D eigenvalue weighted by Crippen LogP contribution is 2.35. The van der Waals surface area contributed by atoms with Crippen molar-refractivity contribution >= 4 is 37.6 Å². The fourth-order valence-corrected chi connectivity index (χ4v) is 4.27. The molecule has 0 aromatic carbocycles. The van der Waals surface area contributed by atoms with E-state index in [2.05, 4.69) is 40.1 Å². The van der Waals surface area contributed by atoms with Gasteiger partial charge in [-0.05, 0) is 38.4 Å². The molecule has 0 saturated carbocycles. The van der Waals surface area contributed by atoms with Crippen molar-refractivity contribution in [2.75, 3.05) is 44.7 Å². The third-order valence-electron chi connectivity index (χ3n) is 4.74. The molecule has 3 aromatic heterocycles. The Kier molecular flexibility index (Phi) is 4.78. The molecule has 1 aliphatic rings. The van der Waals surface area contributed by atoms with Crippen LogP contribution in [0, 0.1) is 13.8 Å². The number of nitrogens with zero attached hydrogens (tertiary/aromatic N) is 4. The number of hydrogen-bond donors (Lipinski definition) is 1. The van der Waals surface area contributed by atoms with E-state index >= 15 is 0 Å². The average Bonchev–Trinajstić information content (AvgIpc) is 2.98. The molecule has 1 saturated heterocycles. The molecule has 0 amide bonds. The Morgan fingerprint density at radius 3 is 2.92 bits per heavy atom. The fourth-order valence-electron chi connectivity index (χ4n) is 3.15. The Morgan fingerprint density at radius 1 is 1.24 bits per heavy atom. The molecular weight excluding hydrogens is 334 g/mol. The summed E-state index contributed by atoms with van der Waals surface area (Å²) < 4.78 is 6.49. The predicted octanol–water partition coefficient (Wildman–Crippen LogP) is 2.99. The SMILES string of the molecule is Cc1cc2c(nc1C)sc1c(NCCCN3CCOCC3)ncnc12. The summed E-state index contributed by atoms with van der Waals surface area (Å²) in [6, 6.07) is 2.19. The van der Waals surface area contributed by atoms with Gasteiger partial charge in [0.15, 0.2) is 0 Å². The highest BCUT2D eigenvalue weighted by Gasteiger charge is 2.14. The smallest absolute Gasteiger partial charge is 0.147 e. The van der Waals surface area contributed by atoms with Gasteiger partial charge in [-0.1, -0.05) is 0 Å². The minimum atomic E-state index is 0.855. The number of thiophene rings is 1. The van der Waals surface area contributed by atoms with Crippen molar-refractivity contribution in [1.29, 1.82) is 0 Å². The number of pyridine rings is 1. The zero-order valence-corrected chi connectivity index (χ0v) is 15.5. The maximum Gasteiger partial charge on any atom is 0.147 e. The normalized spacial score (nSPS) is 15.9. The second-order valence-electron chi connectivity index (χ2n) is 6.48. The molecule has 25 heavy (non-hydrogen) atoms. The van der Waals surface area contributed by atoms with E-state index in [-0.39, 0.29) is 0 Å². The first-order valence-electron chi connectivity index (χ1n) is 8.78. The summed E-state index contributed by atoms with van der Waals surface area (Å²) in [5, 5.41) is 4.62. The average molecular weight is 357 g/mol. The maximum absolute atomic E-state index is 5.39. The Bertz CT molecular complexity index is 888. The third kappa shape index (κ3) is 3.44. The molecule has 4 rings (SSSR count). The van der Waals surface area contributed by atoms with Crippen LogP contribution in [0.1, 0.15) is 17.7 Å². The summed E-state index contributed by atoms with van der Waals surface area (Å²) in [6.07, 6.45) is 2.74. The highest BCUT2D eigenvalue weighted by molar-refractivity contribution is 7.25. The van der Waals surface area contributed by atoms with Crippen LogP contribution in [0.5, 0.6) is 0 Å².